The van der Waals surface area contributed by atoms with Gasteiger partial charge in [-0.1, -0.05) is 17.7 Å². The molecule has 2 aliphatic rings. The van der Waals surface area contributed by atoms with Gasteiger partial charge in [0, 0.05) is 55.5 Å². The standard InChI is InChI=1S/C26H29ClN6O3/c1-16-23(27)31-24(26(34)30-18-5-7-21-17(14-18)4-3-11-28-21)32-25(16)33-12-9-19(10-13-33)36-20-6-8-22(35-2)29-15-20/h3-4,6,8,11,15,18-19H,5,7,9-10,12-14H2,1-2H3,(H,30,34). The van der Waals surface area contributed by atoms with Gasteiger partial charge in [0.15, 0.2) is 0 Å². The van der Waals surface area contributed by atoms with Crippen LogP contribution < -0.4 is 19.7 Å². The smallest absolute Gasteiger partial charge is 0.289 e. The predicted molar refractivity (Wildman–Crippen MR) is 136 cm³/mol. The van der Waals surface area contributed by atoms with Gasteiger partial charge < -0.3 is 19.7 Å². The van der Waals surface area contributed by atoms with Gasteiger partial charge in [-0.3, -0.25) is 9.78 Å². The summed E-state index contributed by atoms with van der Waals surface area (Å²) in [6.07, 6.45) is 7.59. The maximum atomic E-state index is 13.1. The van der Waals surface area contributed by atoms with Crippen LogP contribution in [0.2, 0.25) is 5.15 Å². The Bertz CT molecular complexity index is 1230. The van der Waals surface area contributed by atoms with E-state index in [1.54, 1.807) is 19.4 Å². The summed E-state index contributed by atoms with van der Waals surface area (Å²) in [5, 5.41) is 3.39. The summed E-state index contributed by atoms with van der Waals surface area (Å²) in [5.74, 6) is 1.76. The molecule has 1 N–H and O–H groups in total. The lowest BCUT2D eigenvalue weighted by atomic mass is 9.92. The lowest BCUT2D eigenvalue weighted by Gasteiger charge is -2.33. The Balaban J connectivity index is 1.22. The average Bonchev–Trinajstić information content (AvgIpc) is 2.91. The largest absolute Gasteiger partial charge is 0.489 e. The molecular formula is C26H29ClN6O3. The molecule has 1 unspecified atom stereocenters. The van der Waals surface area contributed by atoms with Crippen molar-refractivity contribution >= 4 is 23.3 Å². The minimum Gasteiger partial charge on any atom is -0.489 e. The van der Waals surface area contributed by atoms with Gasteiger partial charge in [-0.15, -0.1) is 0 Å². The highest BCUT2D eigenvalue weighted by atomic mass is 35.5. The topological polar surface area (TPSA) is 102 Å². The molecule has 0 radical (unpaired) electrons. The fraction of sp³-hybridized carbons (Fsp3) is 0.423. The zero-order valence-corrected chi connectivity index (χ0v) is 21.2. The van der Waals surface area contributed by atoms with Crippen molar-refractivity contribution in [2.45, 2.75) is 51.2 Å². The Labute approximate surface area is 215 Å². The van der Waals surface area contributed by atoms with Crippen LogP contribution in [0, 0.1) is 6.92 Å². The molecule has 0 saturated carbocycles. The lowest BCUT2D eigenvalue weighted by molar-refractivity contribution is 0.0922. The fourth-order valence-corrected chi connectivity index (χ4v) is 4.92. The number of pyridine rings is 2. The predicted octanol–water partition coefficient (Wildman–Crippen LogP) is 3.57. The molecule has 3 aromatic heterocycles. The van der Waals surface area contributed by atoms with Gasteiger partial charge in [-0.05, 0) is 43.9 Å². The molecular weight excluding hydrogens is 480 g/mol. The van der Waals surface area contributed by atoms with Crippen molar-refractivity contribution in [2.24, 2.45) is 0 Å². The van der Waals surface area contributed by atoms with E-state index in [0.717, 1.165) is 62.2 Å². The third kappa shape index (κ3) is 5.36. The Morgan fingerprint density at radius 3 is 2.72 bits per heavy atom. The normalized spacial score (nSPS) is 17.9. The van der Waals surface area contributed by atoms with E-state index in [2.05, 4.69) is 36.2 Å². The van der Waals surface area contributed by atoms with Crippen LogP contribution in [-0.4, -0.2) is 58.2 Å². The molecule has 4 heterocycles. The number of halogens is 1. The van der Waals surface area contributed by atoms with Crippen molar-refractivity contribution in [1.82, 2.24) is 25.3 Å². The summed E-state index contributed by atoms with van der Waals surface area (Å²) < 4.78 is 11.2. The van der Waals surface area contributed by atoms with Gasteiger partial charge in [0.2, 0.25) is 11.7 Å². The molecule has 1 saturated heterocycles. The molecule has 188 valence electrons. The number of hydrogen-bond donors (Lipinski definition) is 1. The molecule has 10 heteroatoms. The van der Waals surface area contributed by atoms with E-state index in [1.165, 1.54) is 5.56 Å². The number of rotatable bonds is 6. The Morgan fingerprint density at radius 1 is 1.14 bits per heavy atom. The number of carbonyl (C=O) groups is 1. The van der Waals surface area contributed by atoms with Crippen LogP contribution in [0.5, 0.6) is 11.6 Å². The Morgan fingerprint density at radius 2 is 1.97 bits per heavy atom. The highest BCUT2D eigenvalue weighted by Crippen LogP contribution is 2.28. The van der Waals surface area contributed by atoms with Gasteiger partial charge in [0.25, 0.3) is 5.91 Å². The van der Waals surface area contributed by atoms with Crippen molar-refractivity contribution in [3.63, 3.8) is 0 Å². The SMILES string of the molecule is COc1ccc(OC2CCN(c3nc(C(=O)NC4CCc5ncccc5C4)nc(Cl)c3C)CC2)cn1. The number of amides is 1. The van der Waals surface area contributed by atoms with Crippen molar-refractivity contribution in [2.75, 3.05) is 25.1 Å². The molecule has 5 rings (SSSR count). The van der Waals surface area contributed by atoms with Crippen LogP contribution in [0.25, 0.3) is 0 Å². The van der Waals surface area contributed by atoms with Gasteiger partial charge in [-0.2, -0.15) is 0 Å². The summed E-state index contributed by atoms with van der Waals surface area (Å²) in [5.41, 5.74) is 3.05. The number of carbonyl (C=O) groups excluding carboxylic acids is 1. The highest BCUT2D eigenvalue weighted by Gasteiger charge is 2.27. The molecule has 36 heavy (non-hydrogen) atoms. The number of fused-ring (bicyclic) bond motifs is 1. The molecule has 0 bridgehead atoms. The number of aromatic nitrogens is 4. The number of ether oxygens (including phenoxy) is 2. The van der Waals surface area contributed by atoms with Crippen LogP contribution in [0.15, 0.2) is 36.7 Å². The van der Waals surface area contributed by atoms with Crippen molar-refractivity contribution in [1.29, 1.82) is 0 Å². The van der Waals surface area contributed by atoms with E-state index >= 15 is 0 Å². The number of aryl methyl sites for hydroxylation is 1. The Hall–Kier alpha value is -3.46. The molecule has 0 aromatic carbocycles. The maximum Gasteiger partial charge on any atom is 0.289 e. The molecule has 1 aliphatic heterocycles. The molecule has 1 atom stereocenters. The zero-order chi connectivity index (χ0) is 25.1. The first-order valence-electron chi connectivity index (χ1n) is 12.2. The number of nitrogens with zero attached hydrogens (tertiary/aromatic N) is 5. The average molecular weight is 509 g/mol. The van der Waals surface area contributed by atoms with Crippen LogP contribution in [0.1, 0.15) is 46.7 Å². The minimum absolute atomic E-state index is 0.0154. The fourth-order valence-electron chi connectivity index (χ4n) is 4.76. The van der Waals surface area contributed by atoms with E-state index in [1.807, 2.05) is 25.3 Å². The third-order valence-corrected chi connectivity index (χ3v) is 7.11. The number of hydrogen-bond acceptors (Lipinski definition) is 8. The van der Waals surface area contributed by atoms with Crippen molar-refractivity contribution in [3.8, 4) is 11.6 Å². The van der Waals surface area contributed by atoms with E-state index in [4.69, 9.17) is 21.1 Å². The number of piperidine rings is 1. The van der Waals surface area contributed by atoms with Crippen LogP contribution in [0.4, 0.5) is 5.82 Å². The Kier molecular flexibility index (Phi) is 7.18. The summed E-state index contributed by atoms with van der Waals surface area (Å²) in [6, 6.07) is 7.66. The van der Waals surface area contributed by atoms with Crippen molar-refractivity contribution in [3.05, 3.63) is 64.5 Å². The van der Waals surface area contributed by atoms with E-state index in [0.29, 0.717) is 16.9 Å². The summed E-state index contributed by atoms with van der Waals surface area (Å²) in [6.45, 7) is 3.35. The molecule has 0 spiro atoms. The molecule has 3 aromatic rings. The first-order chi connectivity index (χ1) is 17.5. The zero-order valence-electron chi connectivity index (χ0n) is 20.4. The number of anilines is 1. The molecule has 1 fully saturated rings. The quantitative estimate of drug-likeness (QED) is 0.504. The van der Waals surface area contributed by atoms with Crippen LogP contribution >= 0.6 is 11.6 Å². The summed E-state index contributed by atoms with van der Waals surface area (Å²) >= 11 is 6.44. The van der Waals surface area contributed by atoms with Crippen LogP contribution in [0.3, 0.4) is 0 Å². The monoisotopic (exact) mass is 508 g/mol. The second kappa shape index (κ2) is 10.7. The van der Waals surface area contributed by atoms with E-state index < -0.39 is 0 Å². The van der Waals surface area contributed by atoms with Gasteiger partial charge >= 0.3 is 0 Å². The molecule has 1 amide bonds. The summed E-state index contributed by atoms with van der Waals surface area (Å²) in [7, 11) is 1.59. The molecule has 9 nitrogen and oxygen atoms in total. The second-order valence-electron chi connectivity index (χ2n) is 9.15. The minimum atomic E-state index is -0.305. The van der Waals surface area contributed by atoms with E-state index in [-0.39, 0.29) is 23.9 Å². The number of nitrogens with one attached hydrogen (secondary N) is 1. The first kappa shape index (κ1) is 24.2. The first-order valence-corrected chi connectivity index (χ1v) is 12.6. The van der Waals surface area contributed by atoms with Crippen molar-refractivity contribution < 1.29 is 14.3 Å². The van der Waals surface area contributed by atoms with Gasteiger partial charge in [0.05, 0.1) is 13.3 Å². The lowest BCUT2D eigenvalue weighted by Crippen LogP contribution is -2.41. The summed E-state index contributed by atoms with van der Waals surface area (Å²) in [4.78, 5) is 32.8. The molecule has 1 aliphatic carbocycles. The third-order valence-electron chi connectivity index (χ3n) is 6.74. The van der Waals surface area contributed by atoms with Crippen LogP contribution in [-0.2, 0) is 12.8 Å². The highest BCUT2D eigenvalue weighted by molar-refractivity contribution is 6.30. The van der Waals surface area contributed by atoms with Gasteiger partial charge in [-0.25, -0.2) is 15.0 Å². The van der Waals surface area contributed by atoms with E-state index in [9.17, 15) is 4.79 Å². The maximum absolute atomic E-state index is 13.1. The van der Waals surface area contributed by atoms with Gasteiger partial charge in [0.1, 0.15) is 22.8 Å². The second-order valence-corrected chi connectivity index (χ2v) is 9.51. The number of methoxy groups -OCH3 is 1.